The van der Waals surface area contributed by atoms with E-state index in [4.69, 9.17) is 18.3 Å². The van der Waals surface area contributed by atoms with E-state index in [0.717, 1.165) is 11.1 Å². The molecule has 0 bridgehead atoms. The van der Waals surface area contributed by atoms with Crippen LogP contribution in [0.4, 0.5) is 0 Å². The smallest absolute Gasteiger partial charge is 0.403 e. The molecule has 3 aromatic rings. The van der Waals surface area contributed by atoms with Crippen LogP contribution in [0.5, 0.6) is 5.75 Å². The number of nitrogens with zero attached hydrogens (tertiary/aromatic N) is 3. The van der Waals surface area contributed by atoms with Crippen LogP contribution >= 0.6 is 7.82 Å². The van der Waals surface area contributed by atoms with Crippen LogP contribution < -0.4 is 10.1 Å². The third kappa shape index (κ3) is 3.38. The number of H-pyrrole nitrogens is 1. The number of imidazole rings is 1. The molecule has 152 valence electrons. The number of nitrogens with one attached hydrogen (secondary N) is 1. The second-order valence-electron chi connectivity index (χ2n) is 7.02. The molecule has 5 rings (SSSR count). The first-order chi connectivity index (χ1) is 14.0. The van der Waals surface area contributed by atoms with Crippen molar-refractivity contribution in [1.29, 1.82) is 0 Å². The van der Waals surface area contributed by atoms with Gasteiger partial charge >= 0.3 is 7.82 Å². The molecule has 0 saturated carbocycles. The molecule has 0 aliphatic carbocycles. The van der Waals surface area contributed by atoms with Gasteiger partial charge in [0.15, 0.2) is 11.2 Å². The van der Waals surface area contributed by atoms with Crippen molar-refractivity contribution in [1.82, 2.24) is 19.5 Å². The number of phosphoric ester groups is 1. The normalized spacial score (nSPS) is 26.4. The van der Waals surface area contributed by atoms with E-state index in [1.165, 1.54) is 12.7 Å². The van der Waals surface area contributed by atoms with Gasteiger partial charge in [0.1, 0.15) is 12.0 Å². The van der Waals surface area contributed by atoms with Crippen molar-refractivity contribution < 1.29 is 22.9 Å². The maximum absolute atomic E-state index is 12.8. The Bertz CT molecular complexity index is 1170. The first-order valence-corrected chi connectivity index (χ1v) is 10.7. The van der Waals surface area contributed by atoms with Gasteiger partial charge in [-0.1, -0.05) is 18.2 Å². The lowest BCUT2D eigenvalue weighted by molar-refractivity contribution is -0.0227. The number of aromatic amines is 1. The highest BCUT2D eigenvalue weighted by atomic mass is 31.2. The minimum Gasteiger partial charge on any atom is -0.403 e. The number of aromatic nitrogens is 4. The molecule has 0 radical (unpaired) electrons. The highest BCUT2D eigenvalue weighted by molar-refractivity contribution is 7.49. The maximum atomic E-state index is 12.8. The van der Waals surface area contributed by atoms with Gasteiger partial charge in [-0.15, -0.1) is 0 Å². The molecule has 10 nitrogen and oxygen atoms in total. The topological polar surface area (TPSA) is 118 Å². The number of phosphoric acid groups is 1. The molecular weight excluding hydrogens is 399 g/mol. The molecule has 1 fully saturated rings. The zero-order valence-electron chi connectivity index (χ0n) is 15.6. The Morgan fingerprint density at radius 2 is 2.24 bits per heavy atom. The molecule has 4 heterocycles. The van der Waals surface area contributed by atoms with Crippen LogP contribution in [0.1, 0.15) is 30.2 Å². The Morgan fingerprint density at radius 3 is 3.14 bits per heavy atom. The summed E-state index contributed by atoms with van der Waals surface area (Å²) < 4.78 is 37.0. The summed E-state index contributed by atoms with van der Waals surface area (Å²) in [6, 6.07) is 5.64. The number of rotatable bonds is 4. The molecule has 29 heavy (non-hydrogen) atoms. The van der Waals surface area contributed by atoms with Gasteiger partial charge in [0.05, 0.1) is 32.0 Å². The molecule has 0 spiro atoms. The van der Waals surface area contributed by atoms with Gasteiger partial charge < -0.3 is 14.2 Å². The summed E-state index contributed by atoms with van der Waals surface area (Å²) in [5.41, 5.74) is 2.14. The van der Waals surface area contributed by atoms with E-state index >= 15 is 0 Å². The van der Waals surface area contributed by atoms with Gasteiger partial charge in [-0.05, 0) is 25.3 Å². The summed E-state index contributed by atoms with van der Waals surface area (Å²) in [4.78, 5) is 22.6. The predicted octanol–water partition coefficient (Wildman–Crippen LogP) is 2.84. The third-order valence-corrected chi connectivity index (χ3v) is 6.37. The maximum Gasteiger partial charge on any atom is 0.530 e. The lowest BCUT2D eigenvalue weighted by Gasteiger charge is -2.26. The Morgan fingerprint density at radius 1 is 1.34 bits per heavy atom. The largest absolute Gasteiger partial charge is 0.530 e. The molecule has 1 aromatic carbocycles. The molecular formula is C18H19N4O6P. The number of benzene rings is 1. The zero-order chi connectivity index (χ0) is 20.0. The lowest BCUT2D eigenvalue weighted by atomic mass is 10.1. The van der Waals surface area contributed by atoms with E-state index in [0.29, 0.717) is 24.2 Å². The van der Waals surface area contributed by atoms with E-state index in [1.807, 2.05) is 25.1 Å². The number of ether oxygens (including phenoxy) is 1. The molecule has 3 atom stereocenters. The van der Waals surface area contributed by atoms with Crippen molar-refractivity contribution in [2.75, 3.05) is 6.61 Å². The lowest BCUT2D eigenvalue weighted by Crippen LogP contribution is -2.19. The molecule has 1 N–H and O–H groups in total. The van der Waals surface area contributed by atoms with Gasteiger partial charge in [-0.25, -0.2) is 14.5 Å². The first kappa shape index (κ1) is 18.5. The quantitative estimate of drug-likeness (QED) is 0.643. The van der Waals surface area contributed by atoms with Gasteiger partial charge in [0, 0.05) is 5.56 Å². The molecule has 0 amide bonds. The fourth-order valence-corrected chi connectivity index (χ4v) is 4.88. The van der Waals surface area contributed by atoms with Gasteiger partial charge in [0.25, 0.3) is 5.56 Å². The van der Waals surface area contributed by atoms with Gasteiger partial charge in [0.2, 0.25) is 0 Å². The average Bonchev–Trinajstić information content (AvgIpc) is 3.35. The molecule has 2 aromatic heterocycles. The summed E-state index contributed by atoms with van der Waals surface area (Å²) in [6.07, 6.45) is 3.61. The van der Waals surface area contributed by atoms with Crippen molar-refractivity contribution in [2.24, 2.45) is 0 Å². The number of hydrogen-bond acceptors (Lipinski definition) is 8. The van der Waals surface area contributed by atoms with Crippen LogP contribution in [0.3, 0.4) is 0 Å². The number of fused-ring (bicyclic) bond motifs is 2. The highest BCUT2D eigenvalue weighted by Gasteiger charge is 2.37. The van der Waals surface area contributed by atoms with Crippen LogP contribution in [-0.2, 0) is 25.0 Å². The summed E-state index contributed by atoms with van der Waals surface area (Å²) >= 11 is 0. The van der Waals surface area contributed by atoms with Gasteiger partial charge in [-0.3, -0.25) is 18.4 Å². The molecule has 2 aliphatic rings. The third-order valence-electron chi connectivity index (χ3n) is 5.05. The van der Waals surface area contributed by atoms with E-state index in [1.54, 1.807) is 4.57 Å². The monoisotopic (exact) mass is 418 g/mol. The predicted molar refractivity (Wildman–Crippen MR) is 101 cm³/mol. The van der Waals surface area contributed by atoms with Crippen LogP contribution in [0.15, 0.2) is 35.6 Å². The van der Waals surface area contributed by atoms with Crippen molar-refractivity contribution in [3.8, 4) is 5.75 Å². The highest BCUT2D eigenvalue weighted by Crippen LogP contribution is 2.55. The minimum atomic E-state index is -3.71. The van der Waals surface area contributed by atoms with Crippen LogP contribution in [0.25, 0.3) is 11.2 Å². The summed E-state index contributed by atoms with van der Waals surface area (Å²) in [7, 11) is -3.71. The minimum absolute atomic E-state index is 0.0651. The van der Waals surface area contributed by atoms with Crippen molar-refractivity contribution in [3.05, 3.63) is 52.3 Å². The second kappa shape index (κ2) is 7.07. The Balaban J connectivity index is 1.25. The van der Waals surface area contributed by atoms with Crippen LogP contribution in [0.2, 0.25) is 0 Å². The van der Waals surface area contributed by atoms with E-state index in [9.17, 15) is 9.36 Å². The van der Waals surface area contributed by atoms with Crippen LogP contribution in [-0.4, -0.2) is 32.2 Å². The summed E-state index contributed by atoms with van der Waals surface area (Å²) in [5, 5.41) is 0. The SMILES string of the molecule is Cc1cccc2c1OP(=O)(OC[C@@H]1CC[C@H](n3cnc4c(=O)[nH]cnc43)O1)OC2. The molecule has 11 heteroatoms. The fraction of sp³-hybridized carbons (Fsp3) is 0.389. The first-order valence-electron chi connectivity index (χ1n) is 9.25. The van der Waals surface area contributed by atoms with E-state index in [2.05, 4.69) is 15.0 Å². The molecule has 1 saturated heterocycles. The summed E-state index contributed by atoms with van der Waals surface area (Å²) in [6.45, 7) is 2.12. The standard InChI is InChI=1S/C18H19N4O6P/c1-11-3-2-4-12-7-25-29(24,28-16(11)12)26-8-13-5-6-14(27-13)22-10-21-15-17(22)19-9-20-18(15)23/h2-4,9-10,13-14H,5-8H2,1H3,(H,19,20,23)/t13-,14+,29?/m0/s1. The van der Waals surface area contributed by atoms with Crippen molar-refractivity contribution in [2.45, 2.75) is 38.7 Å². The van der Waals surface area contributed by atoms with E-state index < -0.39 is 7.82 Å². The second-order valence-corrected chi connectivity index (χ2v) is 8.61. The van der Waals surface area contributed by atoms with E-state index in [-0.39, 0.29) is 36.6 Å². The molecule has 2 aliphatic heterocycles. The molecule has 1 unspecified atom stereocenters. The Kier molecular flexibility index (Phi) is 4.51. The van der Waals surface area contributed by atoms with Gasteiger partial charge in [-0.2, -0.15) is 0 Å². The fourth-order valence-electron chi connectivity index (χ4n) is 3.57. The number of para-hydroxylation sites is 1. The average molecular weight is 418 g/mol. The zero-order valence-corrected chi connectivity index (χ0v) is 16.5. The Labute approximate surface area is 165 Å². The van der Waals surface area contributed by atoms with Crippen molar-refractivity contribution >= 4 is 19.0 Å². The Hall–Kier alpha value is -2.52. The van der Waals surface area contributed by atoms with Crippen LogP contribution in [0, 0.1) is 6.92 Å². The van der Waals surface area contributed by atoms with Crippen molar-refractivity contribution in [3.63, 3.8) is 0 Å². The summed E-state index contributed by atoms with van der Waals surface area (Å²) in [5.74, 6) is 0.550. The number of aryl methyl sites for hydroxylation is 1. The number of hydrogen-bond donors (Lipinski definition) is 1.